The summed E-state index contributed by atoms with van der Waals surface area (Å²) in [7, 11) is 0. The van der Waals surface area contributed by atoms with Crippen LogP contribution in [-0.2, 0) is 16.1 Å². The highest BCUT2D eigenvalue weighted by atomic mass is 16.5. The van der Waals surface area contributed by atoms with Crippen molar-refractivity contribution in [3.63, 3.8) is 0 Å². The largest absolute Gasteiger partial charge is 0.494 e. The molecule has 1 aliphatic heterocycles. The van der Waals surface area contributed by atoms with Gasteiger partial charge >= 0.3 is 0 Å². The maximum absolute atomic E-state index is 12.5. The molecule has 1 N–H and O–H groups in total. The molecule has 6 heteroatoms. The monoisotopic (exact) mass is 429 g/mol. The van der Waals surface area contributed by atoms with E-state index in [0.29, 0.717) is 13.2 Å². The summed E-state index contributed by atoms with van der Waals surface area (Å²) in [6, 6.07) is 19.8. The average molecular weight is 430 g/mol. The topological polar surface area (TPSA) is 76.3 Å². The minimum absolute atomic E-state index is 0.0407. The molecule has 1 aliphatic rings. The lowest BCUT2D eigenvalue weighted by Crippen LogP contribution is -2.32. The lowest BCUT2D eigenvalue weighted by atomic mass is 10.1. The first-order valence-corrected chi connectivity index (χ1v) is 11.0. The molecule has 164 valence electrons. The van der Waals surface area contributed by atoms with Crippen molar-refractivity contribution in [1.82, 2.24) is 9.88 Å². The molecule has 1 saturated heterocycles. The van der Waals surface area contributed by atoms with Crippen LogP contribution in [0.4, 0.5) is 0 Å². The molecule has 0 unspecified atom stereocenters. The number of benzene rings is 2. The number of rotatable bonds is 9. The number of hydrogen-bond donors (Lipinski definition) is 1. The number of nitrogens with one attached hydrogen (secondary N) is 1. The van der Waals surface area contributed by atoms with Gasteiger partial charge in [0.2, 0.25) is 0 Å². The summed E-state index contributed by atoms with van der Waals surface area (Å²) >= 11 is 0. The summed E-state index contributed by atoms with van der Waals surface area (Å²) < 4.78 is 13.5. The van der Waals surface area contributed by atoms with Gasteiger partial charge in [-0.2, -0.15) is 5.26 Å². The first-order valence-electron chi connectivity index (χ1n) is 11.0. The Kier molecular flexibility index (Phi) is 7.21. The molecular weight excluding hydrogens is 402 g/mol. The van der Waals surface area contributed by atoms with Crippen LogP contribution in [0.25, 0.3) is 17.0 Å². The number of carbonyl (C=O) groups excluding carboxylic acids is 1. The van der Waals surface area contributed by atoms with Crippen molar-refractivity contribution < 1.29 is 14.3 Å². The van der Waals surface area contributed by atoms with E-state index in [2.05, 4.69) is 9.88 Å². The van der Waals surface area contributed by atoms with Gasteiger partial charge in [-0.15, -0.1) is 0 Å². The number of fused-ring (bicyclic) bond motifs is 1. The van der Waals surface area contributed by atoms with Crippen LogP contribution in [0.15, 0.2) is 66.4 Å². The molecule has 0 aliphatic carbocycles. The molecule has 0 radical (unpaired) electrons. The van der Waals surface area contributed by atoms with Crippen LogP contribution in [0.1, 0.15) is 24.8 Å². The lowest BCUT2D eigenvalue weighted by molar-refractivity contribution is -0.117. The van der Waals surface area contributed by atoms with Crippen LogP contribution in [0.2, 0.25) is 0 Å². The molecule has 1 amide bonds. The van der Waals surface area contributed by atoms with Crippen molar-refractivity contribution in [2.24, 2.45) is 0 Å². The smallest absolute Gasteiger partial charge is 0.262 e. The summed E-state index contributed by atoms with van der Waals surface area (Å²) in [5.41, 5.74) is 2.02. The Bertz CT molecular complexity index is 1120. The number of aryl methyl sites for hydroxylation is 1. The number of ether oxygens (including phenoxy) is 2. The minimum atomic E-state index is -0.365. The van der Waals surface area contributed by atoms with Crippen LogP contribution in [0, 0.1) is 11.3 Å². The molecule has 4 rings (SSSR count). The normalized spacial score (nSPS) is 16.1. The Morgan fingerprint density at radius 3 is 2.81 bits per heavy atom. The summed E-state index contributed by atoms with van der Waals surface area (Å²) in [5, 5.41) is 13.4. The van der Waals surface area contributed by atoms with Gasteiger partial charge in [0, 0.05) is 42.4 Å². The molecule has 32 heavy (non-hydrogen) atoms. The van der Waals surface area contributed by atoms with Crippen molar-refractivity contribution in [1.29, 1.82) is 5.26 Å². The highest BCUT2D eigenvalue weighted by Gasteiger charge is 2.18. The van der Waals surface area contributed by atoms with Gasteiger partial charge in [0.05, 0.1) is 12.7 Å². The van der Waals surface area contributed by atoms with Crippen LogP contribution in [0.3, 0.4) is 0 Å². The van der Waals surface area contributed by atoms with Gasteiger partial charge in [-0.1, -0.05) is 36.4 Å². The summed E-state index contributed by atoms with van der Waals surface area (Å²) in [6.45, 7) is 2.55. The number of aromatic nitrogens is 1. The van der Waals surface area contributed by atoms with E-state index >= 15 is 0 Å². The van der Waals surface area contributed by atoms with Crippen molar-refractivity contribution in [2.75, 3.05) is 19.8 Å². The third-order valence-corrected chi connectivity index (χ3v) is 5.55. The van der Waals surface area contributed by atoms with Gasteiger partial charge in [-0.25, -0.2) is 0 Å². The van der Waals surface area contributed by atoms with Gasteiger partial charge in [0.1, 0.15) is 17.4 Å². The highest BCUT2D eigenvalue weighted by molar-refractivity contribution is 6.04. The second kappa shape index (κ2) is 10.7. The third-order valence-electron chi connectivity index (χ3n) is 5.55. The minimum Gasteiger partial charge on any atom is -0.494 e. The molecule has 0 saturated carbocycles. The van der Waals surface area contributed by atoms with Crippen molar-refractivity contribution in [3.05, 3.63) is 71.9 Å². The van der Waals surface area contributed by atoms with E-state index in [9.17, 15) is 10.1 Å². The molecule has 1 aromatic heterocycles. The first-order chi connectivity index (χ1) is 15.7. The van der Waals surface area contributed by atoms with E-state index in [4.69, 9.17) is 9.47 Å². The average Bonchev–Trinajstić information content (AvgIpc) is 3.48. The van der Waals surface area contributed by atoms with Crippen LogP contribution >= 0.6 is 0 Å². The Labute approximate surface area is 188 Å². The standard InChI is InChI=1S/C26H27N3O3/c27-17-20(26(30)28-18-23-10-6-14-32-23)16-21-19-29(25-12-5-4-11-24(21)25)13-7-15-31-22-8-2-1-3-9-22/h1-5,8-9,11-12,16,19,23H,6-7,10,13-15,18H2,(H,28,30)/b20-16+/t23-/m1/s1. The van der Waals surface area contributed by atoms with E-state index in [1.54, 1.807) is 6.08 Å². The lowest BCUT2D eigenvalue weighted by Gasteiger charge is -2.10. The van der Waals surface area contributed by atoms with Gasteiger partial charge in [0.15, 0.2) is 0 Å². The van der Waals surface area contributed by atoms with E-state index in [1.807, 2.05) is 66.9 Å². The summed E-state index contributed by atoms with van der Waals surface area (Å²) in [4.78, 5) is 12.5. The maximum Gasteiger partial charge on any atom is 0.262 e. The second-order valence-corrected chi connectivity index (χ2v) is 7.82. The van der Waals surface area contributed by atoms with Crippen LogP contribution in [0.5, 0.6) is 5.75 Å². The third kappa shape index (κ3) is 5.37. The molecule has 2 aromatic carbocycles. The van der Waals surface area contributed by atoms with Crippen molar-refractivity contribution in [3.8, 4) is 11.8 Å². The first kappa shape index (κ1) is 21.7. The Morgan fingerprint density at radius 1 is 1.22 bits per heavy atom. The van der Waals surface area contributed by atoms with E-state index < -0.39 is 0 Å². The second-order valence-electron chi connectivity index (χ2n) is 7.82. The molecule has 2 heterocycles. The Balaban J connectivity index is 1.44. The van der Waals surface area contributed by atoms with Crippen LogP contribution < -0.4 is 10.1 Å². The predicted octanol–water partition coefficient (Wildman–Crippen LogP) is 4.31. The zero-order chi connectivity index (χ0) is 22.2. The zero-order valence-corrected chi connectivity index (χ0v) is 18.0. The number of para-hydroxylation sites is 2. The van der Waals surface area contributed by atoms with E-state index in [0.717, 1.165) is 54.6 Å². The zero-order valence-electron chi connectivity index (χ0n) is 18.0. The number of amides is 1. The van der Waals surface area contributed by atoms with E-state index in [1.165, 1.54) is 0 Å². The number of carbonyl (C=O) groups is 1. The van der Waals surface area contributed by atoms with Crippen molar-refractivity contribution >= 4 is 22.9 Å². The summed E-state index contributed by atoms with van der Waals surface area (Å²) in [6.07, 6.45) is 6.50. The molecule has 3 aromatic rings. The van der Waals surface area contributed by atoms with Gasteiger partial charge in [-0.3, -0.25) is 4.79 Å². The fraction of sp³-hybridized carbons (Fsp3) is 0.308. The van der Waals surface area contributed by atoms with Crippen molar-refractivity contribution in [2.45, 2.75) is 31.9 Å². The molecule has 0 spiro atoms. The predicted molar refractivity (Wildman–Crippen MR) is 124 cm³/mol. The molecule has 6 nitrogen and oxygen atoms in total. The number of hydrogen-bond acceptors (Lipinski definition) is 4. The highest BCUT2D eigenvalue weighted by Crippen LogP contribution is 2.24. The quantitative estimate of drug-likeness (QED) is 0.312. The molecule has 0 bridgehead atoms. The maximum atomic E-state index is 12.5. The molecular formula is C26H27N3O3. The molecule has 1 atom stereocenters. The number of nitriles is 1. The fourth-order valence-corrected chi connectivity index (χ4v) is 3.93. The van der Waals surface area contributed by atoms with E-state index in [-0.39, 0.29) is 17.6 Å². The van der Waals surface area contributed by atoms with Gasteiger partial charge in [0.25, 0.3) is 5.91 Å². The Hall–Kier alpha value is -3.56. The van der Waals surface area contributed by atoms with Crippen LogP contribution in [-0.4, -0.2) is 36.3 Å². The van der Waals surface area contributed by atoms with Gasteiger partial charge < -0.3 is 19.4 Å². The molecule has 1 fully saturated rings. The van der Waals surface area contributed by atoms with Gasteiger partial charge in [-0.05, 0) is 43.5 Å². The summed E-state index contributed by atoms with van der Waals surface area (Å²) in [5.74, 6) is 0.497. The SMILES string of the molecule is N#C/C(=C\c1cn(CCCOc2ccccc2)c2ccccc12)C(=O)NC[C@H]1CCCO1. The Morgan fingerprint density at radius 2 is 2.03 bits per heavy atom. The number of nitrogens with zero attached hydrogens (tertiary/aromatic N) is 2. The fourth-order valence-electron chi connectivity index (χ4n) is 3.93.